The van der Waals surface area contributed by atoms with E-state index in [-0.39, 0.29) is 12.0 Å². The Bertz CT molecular complexity index is 1420. The topological polar surface area (TPSA) is 72.9 Å². The van der Waals surface area contributed by atoms with Crippen LogP contribution in [-0.4, -0.2) is 49.9 Å². The standard InChI is InChI=1S/C32H35N3O4/c1-22(23-10-5-4-6-11-23)31-26-21-30(38-3)29(37-2)20-24(26)15-18-35(31)17-9-19-39-32(36)34-28-14-16-33-27-13-8-7-12-25(27)28/h4-8,10-14,16,20-22,31H,9,15,17-19H2,1-3H3,(H,33,34,36). The molecule has 39 heavy (non-hydrogen) atoms. The first kappa shape index (κ1) is 26.5. The summed E-state index contributed by atoms with van der Waals surface area (Å²) in [6.07, 6.45) is 2.88. The lowest BCUT2D eigenvalue weighted by Crippen LogP contribution is -2.39. The summed E-state index contributed by atoms with van der Waals surface area (Å²) >= 11 is 0. The second-order valence-electron chi connectivity index (χ2n) is 9.83. The Kier molecular flexibility index (Phi) is 8.27. The van der Waals surface area contributed by atoms with Crippen molar-refractivity contribution < 1.29 is 19.0 Å². The van der Waals surface area contributed by atoms with Gasteiger partial charge in [0.25, 0.3) is 0 Å². The molecule has 2 heterocycles. The van der Waals surface area contributed by atoms with Gasteiger partial charge in [0, 0.05) is 36.6 Å². The zero-order chi connectivity index (χ0) is 27.2. The van der Waals surface area contributed by atoms with E-state index < -0.39 is 6.09 Å². The summed E-state index contributed by atoms with van der Waals surface area (Å²) in [5, 5.41) is 3.75. The molecule has 7 nitrogen and oxygen atoms in total. The molecule has 0 radical (unpaired) electrons. The number of para-hydroxylation sites is 1. The molecule has 2 unspecified atom stereocenters. The molecular formula is C32H35N3O4. The molecule has 7 heteroatoms. The van der Waals surface area contributed by atoms with E-state index in [0.717, 1.165) is 48.3 Å². The largest absolute Gasteiger partial charge is 0.493 e. The Morgan fingerprint density at radius 2 is 1.77 bits per heavy atom. The first-order valence-corrected chi connectivity index (χ1v) is 13.4. The molecule has 3 aromatic carbocycles. The molecule has 0 saturated carbocycles. The van der Waals surface area contributed by atoms with Crippen molar-refractivity contribution in [1.82, 2.24) is 9.88 Å². The Balaban J connectivity index is 1.27. The fraction of sp³-hybridized carbons (Fsp3) is 0.312. The number of hydrogen-bond acceptors (Lipinski definition) is 6. The van der Waals surface area contributed by atoms with E-state index in [9.17, 15) is 4.79 Å². The van der Waals surface area contributed by atoms with Gasteiger partial charge in [-0.05, 0) is 53.8 Å². The van der Waals surface area contributed by atoms with Crippen molar-refractivity contribution in [3.8, 4) is 11.5 Å². The van der Waals surface area contributed by atoms with Gasteiger partial charge in [-0.2, -0.15) is 0 Å². The number of carbonyl (C=O) groups excluding carboxylic acids is 1. The average Bonchev–Trinajstić information content (AvgIpc) is 2.98. The number of hydrogen-bond donors (Lipinski definition) is 1. The van der Waals surface area contributed by atoms with E-state index in [2.05, 4.69) is 58.5 Å². The predicted molar refractivity (Wildman–Crippen MR) is 154 cm³/mol. The van der Waals surface area contributed by atoms with Gasteiger partial charge in [0.2, 0.25) is 0 Å². The third-order valence-corrected chi connectivity index (χ3v) is 7.53. The summed E-state index contributed by atoms with van der Waals surface area (Å²) in [5.74, 6) is 1.76. The summed E-state index contributed by atoms with van der Waals surface area (Å²) in [6, 6.07) is 24.5. The van der Waals surface area contributed by atoms with E-state index in [1.807, 2.05) is 30.3 Å². The van der Waals surface area contributed by atoms with Crippen LogP contribution in [-0.2, 0) is 11.2 Å². The molecule has 202 valence electrons. The van der Waals surface area contributed by atoms with E-state index in [1.54, 1.807) is 26.5 Å². The lowest BCUT2D eigenvalue weighted by molar-refractivity contribution is 0.129. The van der Waals surface area contributed by atoms with Gasteiger partial charge < -0.3 is 14.2 Å². The first-order valence-electron chi connectivity index (χ1n) is 13.4. The molecular weight excluding hydrogens is 490 g/mol. The third-order valence-electron chi connectivity index (χ3n) is 7.53. The summed E-state index contributed by atoms with van der Waals surface area (Å²) in [4.78, 5) is 19.4. The molecule has 1 N–H and O–H groups in total. The number of amides is 1. The molecule has 1 aliphatic heterocycles. The third kappa shape index (κ3) is 5.83. The quantitative estimate of drug-likeness (QED) is 0.249. The lowest BCUT2D eigenvalue weighted by Gasteiger charge is -2.41. The van der Waals surface area contributed by atoms with Crippen LogP contribution in [0.5, 0.6) is 11.5 Å². The zero-order valence-electron chi connectivity index (χ0n) is 22.7. The molecule has 0 spiro atoms. The second kappa shape index (κ2) is 12.2. The number of anilines is 1. The summed E-state index contributed by atoms with van der Waals surface area (Å²) in [6.45, 7) is 4.33. The van der Waals surface area contributed by atoms with Crippen LogP contribution in [0.2, 0.25) is 0 Å². The number of rotatable bonds is 9. The number of fused-ring (bicyclic) bond motifs is 2. The van der Waals surface area contributed by atoms with Crippen LogP contribution in [0, 0.1) is 0 Å². The predicted octanol–water partition coefficient (Wildman–Crippen LogP) is 6.59. The molecule has 0 bridgehead atoms. The van der Waals surface area contributed by atoms with Gasteiger partial charge in [-0.1, -0.05) is 55.5 Å². The minimum atomic E-state index is -0.457. The second-order valence-corrected chi connectivity index (χ2v) is 9.83. The number of nitrogens with zero attached hydrogens (tertiary/aromatic N) is 2. The number of pyridine rings is 1. The Hall–Kier alpha value is -4.10. The van der Waals surface area contributed by atoms with Gasteiger partial charge >= 0.3 is 6.09 Å². The van der Waals surface area contributed by atoms with Gasteiger partial charge in [-0.3, -0.25) is 15.2 Å². The molecule has 1 aromatic heterocycles. The number of methoxy groups -OCH3 is 2. The van der Waals surface area contributed by atoms with E-state index in [0.29, 0.717) is 12.3 Å². The van der Waals surface area contributed by atoms with E-state index >= 15 is 0 Å². The van der Waals surface area contributed by atoms with Crippen molar-refractivity contribution in [3.05, 3.63) is 95.7 Å². The number of carbonyl (C=O) groups is 1. The molecule has 5 rings (SSSR count). The van der Waals surface area contributed by atoms with Gasteiger partial charge in [-0.25, -0.2) is 4.79 Å². The zero-order valence-corrected chi connectivity index (χ0v) is 22.7. The van der Waals surface area contributed by atoms with Crippen molar-refractivity contribution in [2.24, 2.45) is 0 Å². The van der Waals surface area contributed by atoms with Crippen LogP contribution in [0.25, 0.3) is 10.9 Å². The number of aromatic nitrogens is 1. The lowest BCUT2D eigenvalue weighted by atomic mass is 9.81. The van der Waals surface area contributed by atoms with E-state index in [1.165, 1.54) is 16.7 Å². The Morgan fingerprint density at radius 3 is 2.56 bits per heavy atom. The fourth-order valence-corrected chi connectivity index (χ4v) is 5.59. The highest BCUT2D eigenvalue weighted by atomic mass is 16.5. The van der Waals surface area contributed by atoms with Crippen LogP contribution in [0.4, 0.5) is 10.5 Å². The van der Waals surface area contributed by atoms with Crippen molar-refractivity contribution in [1.29, 1.82) is 0 Å². The normalized spacial score (nSPS) is 15.8. The smallest absolute Gasteiger partial charge is 0.411 e. The highest BCUT2D eigenvalue weighted by Gasteiger charge is 2.33. The SMILES string of the molecule is COc1cc2c(cc1OC)C(C(C)c1ccccc1)N(CCCOC(=O)Nc1ccnc3ccccc13)CC2. The van der Waals surface area contributed by atoms with Gasteiger partial charge in [0.15, 0.2) is 11.5 Å². The van der Waals surface area contributed by atoms with Crippen molar-refractivity contribution in [2.75, 3.05) is 39.2 Å². The molecule has 1 aliphatic rings. The molecule has 0 saturated heterocycles. The molecule has 1 amide bonds. The average molecular weight is 526 g/mol. The maximum Gasteiger partial charge on any atom is 0.411 e. The van der Waals surface area contributed by atoms with Crippen LogP contribution in [0.3, 0.4) is 0 Å². The number of nitrogens with one attached hydrogen (secondary N) is 1. The van der Waals surface area contributed by atoms with Crippen molar-refractivity contribution in [2.45, 2.75) is 31.7 Å². The minimum Gasteiger partial charge on any atom is -0.493 e. The highest BCUT2D eigenvalue weighted by Crippen LogP contribution is 2.44. The molecule has 0 aliphatic carbocycles. The minimum absolute atomic E-state index is 0.160. The maximum atomic E-state index is 12.6. The van der Waals surface area contributed by atoms with Gasteiger partial charge in [0.1, 0.15) is 0 Å². The van der Waals surface area contributed by atoms with Gasteiger partial charge in [0.05, 0.1) is 32.0 Å². The van der Waals surface area contributed by atoms with Crippen LogP contribution in [0.1, 0.15) is 42.0 Å². The van der Waals surface area contributed by atoms with Gasteiger partial charge in [-0.15, -0.1) is 0 Å². The van der Waals surface area contributed by atoms with Crippen LogP contribution < -0.4 is 14.8 Å². The maximum absolute atomic E-state index is 12.6. The number of benzene rings is 3. The summed E-state index contributed by atoms with van der Waals surface area (Å²) in [7, 11) is 3.36. The molecule has 0 fully saturated rings. The molecule has 2 atom stereocenters. The molecule has 4 aromatic rings. The Morgan fingerprint density at radius 1 is 1.03 bits per heavy atom. The summed E-state index contributed by atoms with van der Waals surface area (Å²) in [5.41, 5.74) is 5.36. The Labute approximate surface area is 229 Å². The summed E-state index contributed by atoms with van der Waals surface area (Å²) < 4.78 is 16.8. The highest BCUT2D eigenvalue weighted by molar-refractivity contribution is 5.98. The monoisotopic (exact) mass is 525 g/mol. The number of ether oxygens (including phenoxy) is 3. The van der Waals surface area contributed by atoms with E-state index in [4.69, 9.17) is 14.2 Å². The van der Waals surface area contributed by atoms with Crippen LogP contribution >= 0.6 is 0 Å². The van der Waals surface area contributed by atoms with Crippen molar-refractivity contribution >= 4 is 22.7 Å². The first-order chi connectivity index (χ1) is 19.1. The fourth-order valence-electron chi connectivity index (χ4n) is 5.59. The van der Waals surface area contributed by atoms with Crippen LogP contribution in [0.15, 0.2) is 79.0 Å². The van der Waals surface area contributed by atoms with Crippen molar-refractivity contribution in [3.63, 3.8) is 0 Å².